The van der Waals surface area contributed by atoms with Gasteiger partial charge in [-0.3, -0.25) is 33.6 Å². The minimum Gasteiger partial charge on any atom is -0.481 e. The second-order valence-electron chi connectivity index (χ2n) is 19.4. The van der Waals surface area contributed by atoms with Gasteiger partial charge in [0.25, 0.3) is 0 Å². The lowest BCUT2D eigenvalue weighted by Crippen LogP contribution is -2.51. The number of nitrogens with one attached hydrogen (secondary N) is 3. The Morgan fingerprint density at radius 3 is 1.68 bits per heavy atom. The van der Waals surface area contributed by atoms with Crippen LogP contribution in [0.25, 0.3) is 0 Å². The van der Waals surface area contributed by atoms with Crippen molar-refractivity contribution in [1.82, 2.24) is 20.9 Å². The predicted molar refractivity (Wildman–Crippen MR) is 227 cm³/mol. The minimum atomic E-state index is -0.983. The fourth-order valence-electron chi connectivity index (χ4n) is 7.15. The van der Waals surface area contributed by atoms with Crippen LogP contribution < -0.4 is 16.0 Å². The van der Waals surface area contributed by atoms with Gasteiger partial charge < -0.3 is 26.0 Å². The summed E-state index contributed by atoms with van der Waals surface area (Å²) in [6, 6.07) is -0.817. The molecule has 57 heavy (non-hydrogen) atoms. The summed E-state index contributed by atoms with van der Waals surface area (Å²) in [5.74, 6) is -2.42. The average molecular weight is 807 g/mol. The second kappa shape index (κ2) is 26.6. The standard InChI is InChI=1S/C35H62N4O6.C6H10O2.C4H10/c1-11-27(34(4,5)6)38-29(42)22-37-32(44)25(20-28(41)35(7,8)9)19-26(40)21-36-33(45)31(23(2)3)39(10)30(43)18-17-24-15-13-12-14-16-24;7-6(8)5-3-1-2-4-5;1-4(2)3/h23-25,27,31H,11-22H2,1-10H3,(H,36,45)(H,37,44)(H,38,42);5H,1-4H2,(H,7,8);4H,1-3H3/t25-,27?,31?;;/m0../s1. The Balaban J connectivity index is 0.00000222. The lowest BCUT2D eigenvalue weighted by Gasteiger charge is -2.31. The smallest absolute Gasteiger partial charge is 0.306 e. The normalized spacial score (nSPS) is 16.5. The minimum absolute atomic E-state index is 0.0185. The third kappa shape index (κ3) is 23.0. The molecule has 4 N–H and O–H groups in total. The molecule has 0 saturated heterocycles. The maximum Gasteiger partial charge on any atom is 0.306 e. The number of rotatable bonds is 18. The van der Waals surface area contributed by atoms with Crippen LogP contribution in [0.4, 0.5) is 0 Å². The Bertz CT molecular complexity index is 1270. The molecule has 2 aliphatic carbocycles. The van der Waals surface area contributed by atoms with Crippen LogP contribution in [0, 0.1) is 40.4 Å². The number of carboxylic acid groups (broad SMARTS) is 1. The molecule has 12 heteroatoms. The summed E-state index contributed by atoms with van der Waals surface area (Å²) in [6.07, 6.45) is 11.5. The monoisotopic (exact) mass is 807 g/mol. The zero-order valence-corrected chi connectivity index (χ0v) is 38.1. The van der Waals surface area contributed by atoms with Gasteiger partial charge in [-0.2, -0.15) is 0 Å². The number of Topliss-reactive ketones (excluding diaryl/α,β-unsaturated/α-hetero) is 2. The van der Waals surface area contributed by atoms with Crippen molar-refractivity contribution in [2.75, 3.05) is 20.1 Å². The molecular formula is C45H82N4O8. The Morgan fingerprint density at radius 1 is 0.737 bits per heavy atom. The van der Waals surface area contributed by atoms with Crippen molar-refractivity contribution >= 4 is 41.2 Å². The van der Waals surface area contributed by atoms with Gasteiger partial charge in [-0.1, -0.05) is 128 Å². The third-order valence-electron chi connectivity index (χ3n) is 10.7. The molecule has 0 aliphatic heterocycles. The van der Waals surface area contributed by atoms with E-state index < -0.39 is 40.9 Å². The van der Waals surface area contributed by atoms with Crippen LogP contribution in [0.5, 0.6) is 0 Å². The number of carboxylic acids is 1. The number of hydrogen-bond donors (Lipinski definition) is 4. The highest BCUT2D eigenvalue weighted by Crippen LogP contribution is 2.28. The van der Waals surface area contributed by atoms with Crippen LogP contribution in [0.15, 0.2) is 0 Å². The molecule has 330 valence electrons. The van der Waals surface area contributed by atoms with E-state index in [0.29, 0.717) is 12.3 Å². The molecule has 2 unspecified atom stereocenters. The summed E-state index contributed by atoms with van der Waals surface area (Å²) in [7, 11) is 1.63. The first kappa shape index (κ1) is 53.7. The van der Waals surface area contributed by atoms with Gasteiger partial charge in [0.2, 0.25) is 23.6 Å². The van der Waals surface area contributed by atoms with E-state index in [1.54, 1.807) is 27.8 Å². The molecule has 2 saturated carbocycles. The van der Waals surface area contributed by atoms with E-state index in [-0.39, 0.29) is 66.8 Å². The first-order valence-electron chi connectivity index (χ1n) is 21.7. The van der Waals surface area contributed by atoms with Crippen LogP contribution in [-0.2, 0) is 33.6 Å². The summed E-state index contributed by atoms with van der Waals surface area (Å²) in [6.45, 7) is 22.9. The number of likely N-dealkylation sites (N-methyl/N-ethyl adjacent to an activating group) is 1. The van der Waals surface area contributed by atoms with E-state index in [0.717, 1.165) is 57.3 Å². The number of carbonyl (C=O) groups is 7. The van der Waals surface area contributed by atoms with Gasteiger partial charge in [-0.05, 0) is 48.9 Å². The molecule has 12 nitrogen and oxygen atoms in total. The molecule has 2 aliphatic rings. The summed E-state index contributed by atoms with van der Waals surface area (Å²) < 4.78 is 0. The fraction of sp³-hybridized carbons (Fsp3) is 0.844. The Kier molecular flexibility index (Phi) is 25.1. The first-order chi connectivity index (χ1) is 26.3. The number of ketones is 2. The molecule has 0 bridgehead atoms. The van der Waals surface area contributed by atoms with Crippen LogP contribution >= 0.6 is 0 Å². The zero-order valence-electron chi connectivity index (χ0n) is 38.1. The maximum atomic E-state index is 13.2. The van der Waals surface area contributed by atoms with Gasteiger partial charge in [-0.25, -0.2) is 0 Å². The lowest BCUT2D eigenvalue weighted by molar-refractivity contribution is -0.141. The van der Waals surface area contributed by atoms with Gasteiger partial charge in [0.15, 0.2) is 5.78 Å². The summed E-state index contributed by atoms with van der Waals surface area (Å²) in [4.78, 5) is 89.5. The van der Waals surface area contributed by atoms with Crippen molar-refractivity contribution in [2.45, 2.75) is 185 Å². The van der Waals surface area contributed by atoms with Crippen molar-refractivity contribution in [1.29, 1.82) is 0 Å². The Labute approximate surface area is 345 Å². The van der Waals surface area contributed by atoms with Crippen LogP contribution in [0.3, 0.4) is 0 Å². The van der Waals surface area contributed by atoms with E-state index in [4.69, 9.17) is 5.11 Å². The Morgan fingerprint density at radius 2 is 1.25 bits per heavy atom. The molecule has 3 atom stereocenters. The summed E-state index contributed by atoms with van der Waals surface area (Å²) in [5, 5.41) is 16.6. The van der Waals surface area contributed by atoms with E-state index in [1.165, 1.54) is 24.2 Å². The first-order valence-corrected chi connectivity index (χ1v) is 21.7. The van der Waals surface area contributed by atoms with E-state index in [2.05, 4.69) is 36.7 Å². The highest BCUT2D eigenvalue weighted by Gasteiger charge is 2.33. The molecule has 0 aromatic carbocycles. The fourth-order valence-corrected chi connectivity index (χ4v) is 7.15. The molecule has 0 spiro atoms. The van der Waals surface area contributed by atoms with Crippen LogP contribution in [-0.4, -0.2) is 83.4 Å². The van der Waals surface area contributed by atoms with Gasteiger partial charge in [-0.15, -0.1) is 0 Å². The zero-order chi connectivity index (χ0) is 44.1. The highest BCUT2D eigenvalue weighted by atomic mass is 16.4. The molecule has 0 heterocycles. The number of amides is 4. The number of carbonyl (C=O) groups excluding carboxylic acids is 6. The van der Waals surface area contributed by atoms with Gasteiger partial charge in [0.05, 0.1) is 24.9 Å². The highest BCUT2D eigenvalue weighted by molar-refractivity contribution is 5.96. The van der Waals surface area contributed by atoms with E-state index >= 15 is 0 Å². The van der Waals surface area contributed by atoms with Crippen molar-refractivity contribution < 1.29 is 38.7 Å². The summed E-state index contributed by atoms with van der Waals surface area (Å²) in [5.41, 5.74) is -0.870. The number of aliphatic carboxylic acids is 1. The predicted octanol–water partition coefficient (Wildman–Crippen LogP) is 7.51. The third-order valence-corrected chi connectivity index (χ3v) is 10.7. The maximum absolute atomic E-state index is 13.2. The molecule has 2 rings (SSSR count). The molecule has 0 aromatic rings. The van der Waals surface area contributed by atoms with E-state index in [9.17, 15) is 33.6 Å². The summed E-state index contributed by atoms with van der Waals surface area (Å²) >= 11 is 0. The van der Waals surface area contributed by atoms with Gasteiger partial charge in [0.1, 0.15) is 11.8 Å². The van der Waals surface area contributed by atoms with Crippen molar-refractivity contribution in [3.63, 3.8) is 0 Å². The van der Waals surface area contributed by atoms with Crippen molar-refractivity contribution in [3.8, 4) is 0 Å². The quantitative estimate of drug-likeness (QED) is 0.110. The average Bonchev–Trinajstić information content (AvgIpc) is 3.66. The van der Waals surface area contributed by atoms with Crippen molar-refractivity contribution in [3.05, 3.63) is 0 Å². The number of nitrogens with zero attached hydrogens (tertiary/aromatic N) is 1. The van der Waals surface area contributed by atoms with Gasteiger partial charge >= 0.3 is 5.97 Å². The largest absolute Gasteiger partial charge is 0.481 e. The van der Waals surface area contributed by atoms with Crippen molar-refractivity contribution in [2.24, 2.45) is 40.4 Å². The topological polar surface area (TPSA) is 179 Å². The SMILES string of the molecule is CC(C)C.CCC(NC(=O)CNC(=O)[C@@H](CC(=O)CNC(=O)C(C(C)C)N(C)C(=O)CCC1CCCCC1)CC(=O)C(C)(C)C)C(C)(C)C.O=C(O)C1CCCC1. The molecule has 2 fully saturated rings. The van der Waals surface area contributed by atoms with Gasteiger partial charge in [0, 0.05) is 37.8 Å². The molecule has 0 aromatic heterocycles. The Hall–Kier alpha value is -3.31. The van der Waals surface area contributed by atoms with Crippen LogP contribution in [0.2, 0.25) is 0 Å². The molecule has 4 amide bonds. The lowest BCUT2D eigenvalue weighted by atomic mass is 9.83. The number of hydrogen-bond acceptors (Lipinski definition) is 7. The van der Waals surface area contributed by atoms with E-state index in [1.807, 2.05) is 41.5 Å². The van der Waals surface area contributed by atoms with Crippen LogP contribution in [0.1, 0.15) is 173 Å². The molecular weight excluding hydrogens is 725 g/mol. The molecule has 0 radical (unpaired) electrons. The second-order valence-corrected chi connectivity index (χ2v) is 19.4.